The highest BCUT2D eigenvalue weighted by Crippen LogP contribution is 2.15. The van der Waals surface area contributed by atoms with E-state index in [2.05, 4.69) is 106 Å². The van der Waals surface area contributed by atoms with Crippen LogP contribution in [0.3, 0.4) is 0 Å². The molecule has 69 heavy (non-hydrogen) atoms. The molecule has 0 aliphatic carbocycles. The van der Waals surface area contributed by atoms with E-state index < -0.39 is 6.10 Å². The molecule has 0 amide bonds. The van der Waals surface area contributed by atoms with Gasteiger partial charge in [0.2, 0.25) is 0 Å². The first-order valence-corrected chi connectivity index (χ1v) is 29.1. The molecule has 6 nitrogen and oxygen atoms in total. The first-order valence-electron chi connectivity index (χ1n) is 29.1. The van der Waals surface area contributed by atoms with E-state index in [0.29, 0.717) is 19.3 Å². The van der Waals surface area contributed by atoms with Crippen molar-refractivity contribution in [2.45, 2.75) is 284 Å². The second-order valence-electron chi connectivity index (χ2n) is 19.1. The monoisotopic (exact) mass is 961 g/mol. The van der Waals surface area contributed by atoms with Gasteiger partial charge in [0.1, 0.15) is 13.2 Å². The lowest BCUT2D eigenvalue weighted by molar-refractivity contribution is -0.167. The molecule has 0 bridgehead atoms. The van der Waals surface area contributed by atoms with Crippen molar-refractivity contribution < 1.29 is 28.6 Å². The van der Waals surface area contributed by atoms with Gasteiger partial charge in [-0.05, 0) is 109 Å². The van der Waals surface area contributed by atoms with Crippen LogP contribution in [-0.2, 0) is 28.6 Å². The summed E-state index contributed by atoms with van der Waals surface area (Å²) in [5.74, 6) is -0.912. The zero-order chi connectivity index (χ0) is 50.0. The SMILES string of the molecule is CC/C=C\C/C=C\C/C=C\CCCCCCCCC(=O)OCC(COC(=O)CCCCCCCCC/C=C\CCCCCCCCCC)OC(=O)CCCCCCCC/C=C\C/C=C\C/C=C\CC. The standard InChI is InChI=1S/C63H108O6/c1-4-7-10-13-16-19-22-25-28-31-32-33-36-38-41-44-47-50-53-56-62(65)68-59-60(69-63(66)57-54-51-48-45-42-39-35-30-27-24-21-18-15-12-9-6-3)58-67-61(64)55-52-49-46-43-40-37-34-29-26-23-20-17-14-11-8-5-2/h8-9,11-12,17-18,20-21,26-27,29-32,60H,4-7,10,13-16,19,22-25,28,33-59H2,1-3H3/b11-8-,12-9-,20-17-,21-18-,29-26-,30-27-,32-31-. The van der Waals surface area contributed by atoms with Crippen LogP contribution in [0.1, 0.15) is 278 Å². The highest BCUT2D eigenvalue weighted by atomic mass is 16.6. The Hall–Kier alpha value is -3.41. The number of hydrogen-bond acceptors (Lipinski definition) is 6. The number of allylic oxidation sites excluding steroid dienone is 14. The summed E-state index contributed by atoms with van der Waals surface area (Å²) in [6.07, 6.45) is 74.3. The van der Waals surface area contributed by atoms with Crippen LogP contribution in [0.25, 0.3) is 0 Å². The van der Waals surface area contributed by atoms with Crippen LogP contribution in [0.2, 0.25) is 0 Å². The van der Waals surface area contributed by atoms with Crippen LogP contribution in [0.4, 0.5) is 0 Å². The van der Waals surface area contributed by atoms with Gasteiger partial charge >= 0.3 is 17.9 Å². The van der Waals surface area contributed by atoms with Gasteiger partial charge in [0.25, 0.3) is 0 Å². The van der Waals surface area contributed by atoms with E-state index in [1.54, 1.807) is 0 Å². The lowest BCUT2D eigenvalue weighted by atomic mass is 10.1. The van der Waals surface area contributed by atoms with Crippen LogP contribution < -0.4 is 0 Å². The van der Waals surface area contributed by atoms with Gasteiger partial charge in [-0.15, -0.1) is 0 Å². The number of unbranched alkanes of at least 4 members (excludes halogenated alkanes) is 27. The molecule has 0 saturated heterocycles. The second-order valence-corrected chi connectivity index (χ2v) is 19.1. The molecule has 0 aromatic heterocycles. The smallest absolute Gasteiger partial charge is 0.306 e. The normalized spacial score (nSPS) is 12.7. The predicted octanol–water partition coefficient (Wildman–Crippen LogP) is 19.5. The van der Waals surface area contributed by atoms with Crippen molar-refractivity contribution in [3.8, 4) is 0 Å². The number of rotatable bonds is 52. The Bertz CT molecular complexity index is 1330. The molecular weight excluding hydrogens is 853 g/mol. The summed E-state index contributed by atoms with van der Waals surface area (Å²) in [4.78, 5) is 38.2. The first kappa shape index (κ1) is 65.6. The van der Waals surface area contributed by atoms with Crippen molar-refractivity contribution in [3.05, 3.63) is 85.1 Å². The fourth-order valence-corrected chi connectivity index (χ4v) is 8.05. The Balaban J connectivity index is 4.41. The topological polar surface area (TPSA) is 78.9 Å². The number of carbonyl (C=O) groups is 3. The van der Waals surface area contributed by atoms with Gasteiger partial charge in [0.15, 0.2) is 6.10 Å². The number of ether oxygens (including phenoxy) is 3. The average molecular weight is 962 g/mol. The zero-order valence-corrected chi connectivity index (χ0v) is 45.3. The maximum atomic E-state index is 12.9. The zero-order valence-electron chi connectivity index (χ0n) is 45.3. The van der Waals surface area contributed by atoms with Gasteiger partial charge < -0.3 is 14.2 Å². The second kappa shape index (κ2) is 57.2. The van der Waals surface area contributed by atoms with Crippen molar-refractivity contribution in [1.82, 2.24) is 0 Å². The molecule has 1 unspecified atom stereocenters. The number of hydrogen-bond donors (Lipinski definition) is 0. The molecule has 0 aliphatic rings. The maximum Gasteiger partial charge on any atom is 0.306 e. The van der Waals surface area contributed by atoms with E-state index in [1.807, 2.05) is 0 Å². The molecule has 0 aromatic carbocycles. The van der Waals surface area contributed by atoms with Crippen molar-refractivity contribution in [1.29, 1.82) is 0 Å². The van der Waals surface area contributed by atoms with Gasteiger partial charge in [0.05, 0.1) is 0 Å². The quantitative estimate of drug-likeness (QED) is 0.0262. The summed E-state index contributed by atoms with van der Waals surface area (Å²) >= 11 is 0. The minimum Gasteiger partial charge on any atom is -0.462 e. The predicted molar refractivity (Wildman–Crippen MR) is 297 cm³/mol. The molecule has 0 rings (SSSR count). The van der Waals surface area contributed by atoms with Crippen molar-refractivity contribution in [3.63, 3.8) is 0 Å². The number of carbonyl (C=O) groups excluding carboxylic acids is 3. The molecule has 6 heteroatoms. The van der Waals surface area contributed by atoms with E-state index in [-0.39, 0.29) is 31.1 Å². The minimum absolute atomic E-state index is 0.0883. The third kappa shape index (κ3) is 55.4. The first-order chi connectivity index (χ1) is 34.0. The molecular formula is C63H108O6. The third-order valence-electron chi connectivity index (χ3n) is 12.4. The summed E-state index contributed by atoms with van der Waals surface area (Å²) in [6, 6.07) is 0. The summed E-state index contributed by atoms with van der Waals surface area (Å²) in [6.45, 7) is 6.41. The Morgan fingerprint density at radius 1 is 0.304 bits per heavy atom. The van der Waals surface area contributed by atoms with E-state index >= 15 is 0 Å². The van der Waals surface area contributed by atoms with Crippen molar-refractivity contribution in [2.24, 2.45) is 0 Å². The van der Waals surface area contributed by atoms with Crippen molar-refractivity contribution >= 4 is 17.9 Å². The third-order valence-corrected chi connectivity index (χ3v) is 12.4. The van der Waals surface area contributed by atoms with E-state index in [4.69, 9.17) is 14.2 Å². The van der Waals surface area contributed by atoms with Gasteiger partial charge in [-0.1, -0.05) is 234 Å². The largest absolute Gasteiger partial charge is 0.462 e. The van der Waals surface area contributed by atoms with E-state index in [9.17, 15) is 14.4 Å². The van der Waals surface area contributed by atoms with E-state index in [1.165, 1.54) is 122 Å². The summed E-state index contributed by atoms with van der Waals surface area (Å²) in [5, 5.41) is 0. The van der Waals surface area contributed by atoms with Gasteiger partial charge in [0, 0.05) is 19.3 Å². The van der Waals surface area contributed by atoms with Crippen molar-refractivity contribution in [2.75, 3.05) is 13.2 Å². The van der Waals surface area contributed by atoms with Crippen LogP contribution in [0.5, 0.6) is 0 Å². The molecule has 396 valence electrons. The molecule has 0 aromatic rings. The van der Waals surface area contributed by atoms with Crippen LogP contribution >= 0.6 is 0 Å². The fraction of sp³-hybridized carbons (Fsp3) is 0.730. The van der Waals surface area contributed by atoms with Crippen LogP contribution in [-0.4, -0.2) is 37.2 Å². The highest BCUT2D eigenvalue weighted by Gasteiger charge is 2.19. The molecule has 1 atom stereocenters. The lowest BCUT2D eigenvalue weighted by Gasteiger charge is -2.18. The fourth-order valence-electron chi connectivity index (χ4n) is 8.05. The molecule has 0 heterocycles. The van der Waals surface area contributed by atoms with E-state index in [0.717, 1.165) is 116 Å². The molecule has 0 radical (unpaired) electrons. The lowest BCUT2D eigenvalue weighted by Crippen LogP contribution is -2.30. The summed E-state index contributed by atoms with van der Waals surface area (Å²) < 4.78 is 16.9. The van der Waals surface area contributed by atoms with Gasteiger partial charge in [-0.3, -0.25) is 14.4 Å². The Labute approximate surface area is 426 Å². The highest BCUT2D eigenvalue weighted by molar-refractivity contribution is 5.71. The summed E-state index contributed by atoms with van der Waals surface area (Å²) in [5.41, 5.74) is 0. The molecule has 0 N–H and O–H groups in total. The average Bonchev–Trinajstić information content (AvgIpc) is 3.35. The minimum atomic E-state index is -0.792. The number of esters is 3. The Morgan fingerprint density at radius 2 is 0.565 bits per heavy atom. The van der Waals surface area contributed by atoms with Gasteiger partial charge in [-0.2, -0.15) is 0 Å². The van der Waals surface area contributed by atoms with Crippen LogP contribution in [0.15, 0.2) is 85.1 Å². The Morgan fingerprint density at radius 3 is 0.899 bits per heavy atom. The Kier molecular flexibility index (Phi) is 54.3. The summed E-state index contributed by atoms with van der Waals surface area (Å²) in [7, 11) is 0. The maximum absolute atomic E-state index is 12.9. The van der Waals surface area contributed by atoms with Gasteiger partial charge in [-0.25, -0.2) is 0 Å². The molecule has 0 saturated carbocycles. The molecule has 0 aliphatic heterocycles. The molecule has 0 fully saturated rings. The van der Waals surface area contributed by atoms with Crippen LogP contribution in [0, 0.1) is 0 Å². The molecule has 0 spiro atoms.